The Hall–Kier alpha value is -4.14. The Morgan fingerprint density at radius 2 is 1.71 bits per heavy atom. The number of halogens is 6. The molecule has 2 aliphatic rings. The number of carbonyl (C=O) groups is 1. The van der Waals surface area contributed by atoms with Crippen LogP contribution in [0.25, 0.3) is 0 Å². The summed E-state index contributed by atoms with van der Waals surface area (Å²) in [4.78, 5) is 29.9. The van der Waals surface area contributed by atoms with Crippen LogP contribution in [0.1, 0.15) is 60.8 Å². The highest BCUT2D eigenvalue weighted by molar-refractivity contribution is 5.90. The number of morpholine rings is 1. The highest BCUT2D eigenvalue weighted by Crippen LogP contribution is 2.40. The molecule has 1 N–H and O–H groups in total. The Kier molecular flexibility index (Phi) is 9.37. The molecule has 3 aromatic rings. The third kappa shape index (κ3) is 7.24. The van der Waals surface area contributed by atoms with Crippen LogP contribution in [0.5, 0.6) is 0 Å². The molecule has 9 nitrogen and oxygen atoms in total. The summed E-state index contributed by atoms with van der Waals surface area (Å²) in [5.41, 5.74) is -1.15. The summed E-state index contributed by atoms with van der Waals surface area (Å²) in [5, 5.41) is 3.25. The maximum Gasteiger partial charge on any atom is 0.416 e. The Labute approximate surface area is 255 Å². The molecule has 0 spiro atoms. The number of alkyl halides is 6. The summed E-state index contributed by atoms with van der Waals surface area (Å²) in [6.07, 6.45) is -6.64. The molecule has 0 aliphatic carbocycles. The summed E-state index contributed by atoms with van der Waals surface area (Å²) in [5.74, 6) is 0.117. The fourth-order valence-electron chi connectivity index (χ4n) is 5.63. The number of benzene rings is 1. The van der Waals surface area contributed by atoms with Gasteiger partial charge >= 0.3 is 18.4 Å². The van der Waals surface area contributed by atoms with E-state index in [0.717, 1.165) is 0 Å². The van der Waals surface area contributed by atoms with Crippen molar-refractivity contribution in [2.75, 3.05) is 48.0 Å². The summed E-state index contributed by atoms with van der Waals surface area (Å²) < 4.78 is 92.4. The monoisotopic (exact) mass is 638 g/mol. The molecule has 0 radical (unpaired) electrons. The first kappa shape index (κ1) is 32.3. The van der Waals surface area contributed by atoms with Crippen LogP contribution in [0, 0.1) is 0 Å². The smallest absolute Gasteiger partial charge is 0.416 e. The fourth-order valence-corrected chi connectivity index (χ4v) is 5.63. The summed E-state index contributed by atoms with van der Waals surface area (Å²) in [6, 6.07) is 4.29. The number of carbonyl (C=O) groups excluding carboxylic acids is 1. The van der Waals surface area contributed by atoms with E-state index in [0.29, 0.717) is 68.3 Å². The van der Waals surface area contributed by atoms with E-state index >= 15 is 0 Å². The van der Waals surface area contributed by atoms with Crippen LogP contribution in [-0.2, 0) is 28.2 Å². The zero-order valence-corrected chi connectivity index (χ0v) is 24.6. The predicted octanol–water partition coefficient (Wildman–Crippen LogP) is 6.64. The summed E-state index contributed by atoms with van der Waals surface area (Å²) in [6.45, 7) is 5.53. The van der Waals surface area contributed by atoms with Gasteiger partial charge in [-0.25, -0.2) is 14.8 Å². The van der Waals surface area contributed by atoms with Crippen molar-refractivity contribution < 1.29 is 40.6 Å². The molecule has 45 heavy (non-hydrogen) atoms. The van der Waals surface area contributed by atoms with E-state index in [1.54, 1.807) is 30.2 Å². The third-order valence-electron chi connectivity index (χ3n) is 7.73. The lowest BCUT2D eigenvalue weighted by Gasteiger charge is -2.39. The second-order valence-corrected chi connectivity index (χ2v) is 10.7. The molecule has 0 unspecified atom stereocenters. The van der Waals surface area contributed by atoms with Crippen LogP contribution >= 0.6 is 0 Å². The molecule has 5 rings (SSSR count). The SMILES string of the molecule is CCOC(=O)N1c2cccnc2[C@@H](Nc2ncc(N3CCOCC3)c(Cc3cc(C(F)(F)F)cc(C(F)(F)F)c3)n2)C[C@H]1CC. The van der Waals surface area contributed by atoms with Crippen LogP contribution in [0.3, 0.4) is 0 Å². The highest BCUT2D eigenvalue weighted by Gasteiger charge is 2.39. The fraction of sp³-hybridized carbons (Fsp3) is 0.467. The minimum absolute atomic E-state index is 0.108. The topological polar surface area (TPSA) is 92.7 Å². The molecule has 1 saturated heterocycles. The predicted molar refractivity (Wildman–Crippen MR) is 153 cm³/mol. The molecular weight excluding hydrogens is 606 g/mol. The Morgan fingerprint density at radius 1 is 1.02 bits per heavy atom. The van der Waals surface area contributed by atoms with E-state index in [4.69, 9.17) is 9.47 Å². The Balaban J connectivity index is 1.52. The van der Waals surface area contributed by atoms with Crippen LogP contribution in [0.2, 0.25) is 0 Å². The molecule has 15 heteroatoms. The second kappa shape index (κ2) is 13.1. The molecule has 0 saturated carbocycles. The van der Waals surface area contributed by atoms with Gasteiger partial charge in [0.05, 0.1) is 65.9 Å². The maximum absolute atomic E-state index is 13.6. The second-order valence-electron chi connectivity index (χ2n) is 10.7. The summed E-state index contributed by atoms with van der Waals surface area (Å²) >= 11 is 0. The normalized spacial score (nSPS) is 18.8. The molecule has 242 valence electrons. The van der Waals surface area contributed by atoms with Gasteiger partial charge in [-0.2, -0.15) is 26.3 Å². The lowest BCUT2D eigenvalue weighted by Crippen LogP contribution is -2.46. The van der Waals surface area contributed by atoms with E-state index in [2.05, 4.69) is 20.3 Å². The van der Waals surface area contributed by atoms with Gasteiger partial charge in [-0.3, -0.25) is 9.88 Å². The van der Waals surface area contributed by atoms with E-state index in [1.165, 1.54) is 6.20 Å². The number of pyridine rings is 1. The van der Waals surface area contributed by atoms with Crippen molar-refractivity contribution in [1.29, 1.82) is 0 Å². The molecule has 4 heterocycles. The third-order valence-corrected chi connectivity index (χ3v) is 7.73. The van der Waals surface area contributed by atoms with Crippen molar-refractivity contribution in [3.05, 3.63) is 70.8 Å². The Bertz CT molecular complexity index is 1480. The van der Waals surface area contributed by atoms with E-state index < -0.39 is 35.6 Å². The number of hydrogen-bond acceptors (Lipinski definition) is 8. The molecule has 0 bridgehead atoms. The zero-order chi connectivity index (χ0) is 32.4. The average molecular weight is 639 g/mol. The molecule has 1 fully saturated rings. The first-order valence-corrected chi connectivity index (χ1v) is 14.5. The quantitative estimate of drug-likeness (QED) is 0.288. The van der Waals surface area contributed by atoms with Crippen molar-refractivity contribution in [3.8, 4) is 0 Å². The van der Waals surface area contributed by atoms with Gasteiger partial charge in [-0.15, -0.1) is 0 Å². The van der Waals surface area contributed by atoms with Gasteiger partial charge in [0, 0.05) is 31.7 Å². The number of nitrogens with one attached hydrogen (secondary N) is 1. The number of hydrogen-bond donors (Lipinski definition) is 1. The minimum atomic E-state index is -4.98. The highest BCUT2D eigenvalue weighted by atomic mass is 19.4. The standard InChI is InChI=1S/C30H32F6N6O3/c1-3-21-16-23(26-24(6-5-7-37-26)42(21)28(43)45-4-2)40-27-38-17-25(41-8-10-44-11-9-41)22(39-27)14-18-12-19(29(31,32)33)15-20(13-18)30(34,35)36/h5-7,12-13,15,17,21,23H,3-4,8-11,14,16H2,1-2H3,(H,38,39,40)/t21-,23+/m1/s1. The molecule has 1 aromatic carbocycles. The largest absolute Gasteiger partial charge is 0.449 e. The number of anilines is 3. The van der Waals surface area contributed by atoms with Crippen molar-refractivity contribution >= 4 is 23.4 Å². The number of ether oxygens (including phenoxy) is 2. The number of aromatic nitrogens is 3. The van der Waals surface area contributed by atoms with E-state index in [-0.39, 0.29) is 42.3 Å². The van der Waals surface area contributed by atoms with Gasteiger partial charge in [0.25, 0.3) is 0 Å². The van der Waals surface area contributed by atoms with E-state index in [9.17, 15) is 31.1 Å². The van der Waals surface area contributed by atoms with Crippen molar-refractivity contribution in [1.82, 2.24) is 15.0 Å². The number of fused-ring (bicyclic) bond motifs is 1. The molecule has 2 atom stereocenters. The van der Waals surface area contributed by atoms with Crippen molar-refractivity contribution in [3.63, 3.8) is 0 Å². The van der Waals surface area contributed by atoms with E-state index in [1.807, 2.05) is 11.8 Å². The van der Waals surface area contributed by atoms with Gasteiger partial charge in [-0.05, 0) is 55.7 Å². The van der Waals surface area contributed by atoms with Gasteiger partial charge in [-0.1, -0.05) is 6.92 Å². The minimum Gasteiger partial charge on any atom is -0.449 e. The molecule has 2 aliphatic heterocycles. The first-order valence-electron chi connectivity index (χ1n) is 14.5. The first-order chi connectivity index (χ1) is 21.4. The number of nitrogens with zero attached hydrogens (tertiary/aromatic N) is 5. The molecular formula is C30H32F6N6O3. The summed E-state index contributed by atoms with van der Waals surface area (Å²) in [7, 11) is 0. The van der Waals surface area contributed by atoms with Crippen LogP contribution in [0.4, 0.5) is 48.5 Å². The van der Waals surface area contributed by atoms with Gasteiger partial charge in [0.2, 0.25) is 5.95 Å². The Morgan fingerprint density at radius 3 is 2.33 bits per heavy atom. The lowest BCUT2D eigenvalue weighted by atomic mass is 9.93. The number of amides is 1. The van der Waals surface area contributed by atoms with Crippen molar-refractivity contribution in [2.45, 2.75) is 57.5 Å². The average Bonchev–Trinajstić information content (AvgIpc) is 3.00. The van der Waals surface area contributed by atoms with Crippen LogP contribution < -0.4 is 15.1 Å². The van der Waals surface area contributed by atoms with Crippen LogP contribution in [-0.4, -0.2) is 60.0 Å². The molecule has 1 amide bonds. The van der Waals surface area contributed by atoms with Crippen molar-refractivity contribution in [2.24, 2.45) is 0 Å². The number of rotatable bonds is 7. The maximum atomic E-state index is 13.6. The van der Waals surface area contributed by atoms with Gasteiger partial charge < -0.3 is 19.7 Å². The molecule has 2 aromatic heterocycles. The van der Waals surface area contributed by atoms with Gasteiger partial charge in [0.15, 0.2) is 0 Å². The van der Waals surface area contributed by atoms with Crippen LogP contribution in [0.15, 0.2) is 42.7 Å². The lowest BCUT2D eigenvalue weighted by molar-refractivity contribution is -0.143. The van der Waals surface area contributed by atoms with Gasteiger partial charge in [0.1, 0.15) is 0 Å². The zero-order valence-electron chi connectivity index (χ0n) is 24.6.